The van der Waals surface area contributed by atoms with Gasteiger partial charge in [0.1, 0.15) is 12.2 Å². The molecule has 0 spiro atoms. The van der Waals surface area contributed by atoms with Crippen LogP contribution in [0, 0.1) is 16.0 Å². The molecule has 9 heteroatoms. The maximum absolute atomic E-state index is 10.9. The zero-order chi connectivity index (χ0) is 17.6. The third kappa shape index (κ3) is 2.83. The van der Waals surface area contributed by atoms with Crippen molar-refractivity contribution >= 4 is 34.7 Å². The van der Waals surface area contributed by atoms with Crippen LogP contribution in [0.5, 0.6) is 0 Å². The van der Waals surface area contributed by atoms with Gasteiger partial charge >= 0.3 is 11.1 Å². The number of hydrogen-bond donors (Lipinski definition) is 1. The van der Waals surface area contributed by atoms with Crippen LogP contribution in [0.25, 0.3) is 0 Å². The second kappa shape index (κ2) is 6.23. The number of nitro groups is 1. The second-order valence-electron chi connectivity index (χ2n) is 6.14. The summed E-state index contributed by atoms with van der Waals surface area (Å²) in [5.74, 6) is -0.0485. The SMILES string of the molecule is CC(C)CN1c2ccc(Cl)cc2C(n2cc([N+](=O)[O-])nc2Cl)[C@H]1O. The van der Waals surface area contributed by atoms with Gasteiger partial charge < -0.3 is 20.1 Å². The van der Waals surface area contributed by atoms with E-state index in [1.54, 1.807) is 12.1 Å². The molecule has 2 heterocycles. The molecule has 3 rings (SSSR count). The van der Waals surface area contributed by atoms with Gasteiger partial charge in [-0.1, -0.05) is 25.4 Å². The number of rotatable bonds is 4. The predicted molar refractivity (Wildman–Crippen MR) is 91.7 cm³/mol. The van der Waals surface area contributed by atoms with E-state index in [1.165, 1.54) is 10.8 Å². The minimum Gasteiger partial charge on any atom is -0.371 e. The molecule has 0 amide bonds. The van der Waals surface area contributed by atoms with E-state index < -0.39 is 17.2 Å². The molecule has 0 aliphatic carbocycles. The molecule has 7 nitrogen and oxygen atoms in total. The fourth-order valence-electron chi connectivity index (χ4n) is 3.03. The number of fused-ring (bicyclic) bond motifs is 1. The van der Waals surface area contributed by atoms with Crippen LogP contribution in [0.1, 0.15) is 25.5 Å². The number of aliphatic hydroxyl groups is 1. The van der Waals surface area contributed by atoms with Gasteiger partial charge in [0.15, 0.2) is 6.23 Å². The first-order valence-electron chi connectivity index (χ1n) is 7.42. The largest absolute Gasteiger partial charge is 0.383 e. The van der Waals surface area contributed by atoms with Crippen LogP contribution < -0.4 is 4.90 Å². The summed E-state index contributed by atoms with van der Waals surface area (Å²) in [6.07, 6.45) is 0.312. The number of hydrogen-bond acceptors (Lipinski definition) is 5. The maximum Gasteiger partial charge on any atom is 0.383 e. The third-order valence-corrected chi connectivity index (χ3v) is 4.46. The monoisotopic (exact) mass is 370 g/mol. The van der Waals surface area contributed by atoms with E-state index in [1.807, 2.05) is 24.8 Å². The molecule has 0 radical (unpaired) electrons. The van der Waals surface area contributed by atoms with Crippen molar-refractivity contribution in [3.63, 3.8) is 0 Å². The number of aliphatic hydroxyl groups excluding tert-OH is 1. The molecule has 1 aliphatic heterocycles. The molecular weight excluding hydrogens is 355 g/mol. The van der Waals surface area contributed by atoms with Crippen LogP contribution in [0.2, 0.25) is 10.3 Å². The lowest BCUT2D eigenvalue weighted by Crippen LogP contribution is -2.38. The first kappa shape index (κ1) is 17.0. The van der Waals surface area contributed by atoms with Gasteiger partial charge in [0.05, 0.1) is 0 Å². The van der Waals surface area contributed by atoms with Crippen LogP contribution in [0.15, 0.2) is 24.4 Å². The summed E-state index contributed by atoms with van der Waals surface area (Å²) in [7, 11) is 0. The average molecular weight is 371 g/mol. The number of nitrogens with zero attached hydrogens (tertiary/aromatic N) is 4. The number of halogens is 2. The average Bonchev–Trinajstić information content (AvgIpc) is 2.98. The maximum atomic E-state index is 10.9. The molecular formula is C15H16Cl2N4O3. The topological polar surface area (TPSA) is 84.4 Å². The van der Waals surface area contributed by atoms with Gasteiger partial charge in [0, 0.05) is 22.8 Å². The van der Waals surface area contributed by atoms with Gasteiger partial charge in [-0.25, -0.2) is 0 Å². The smallest absolute Gasteiger partial charge is 0.371 e. The summed E-state index contributed by atoms with van der Waals surface area (Å²) in [5.41, 5.74) is 1.59. The first-order chi connectivity index (χ1) is 11.3. The molecule has 1 N–H and O–H groups in total. The molecule has 24 heavy (non-hydrogen) atoms. The standard InChI is InChI=1S/C15H16Cl2N4O3/c1-8(2)6-19-11-4-3-9(16)5-10(11)13(14(19)22)20-7-12(21(23)24)18-15(20)17/h3-5,7-8,13-14,22H,6H2,1-2H3/t13?,14-/m1/s1. The summed E-state index contributed by atoms with van der Waals surface area (Å²) in [4.78, 5) is 15.9. The van der Waals surface area contributed by atoms with Gasteiger partial charge in [0.25, 0.3) is 0 Å². The highest BCUT2D eigenvalue weighted by Crippen LogP contribution is 2.43. The lowest BCUT2D eigenvalue weighted by Gasteiger charge is -2.27. The number of imidazole rings is 1. The molecule has 1 aromatic heterocycles. The van der Waals surface area contributed by atoms with Crippen molar-refractivity contribution in [2.24, 2.45) is 5.92 Å². The van der Waals surface area contributed by atoms with E-state index >= 15 is 0 Å². The Morgan fingerprint density at radius 2 is 2.12 bits per heavy atom. The van der Waals surface area contributed by atoms with E-state index in [0.717, 1.165) is 11.3 Å². The summed E-state index contributed by atoms with van der Waals surface area (Å²) < 4.78 is 1.42. The molecule has 0 saturated carbocycles. The predicted octanol–water partition coefficient (Wildman–Crippen LogP) is 3.48. The van der Waals surface area contributed by atoms with Gasteiger partial charge in [-0.2, -0.15) is 0 Å². The highest BCUT2D eigenvalue weighted by molar-refractivity contribution is 6.30. The van der Waals surface area contributed by atoms with E-state index in [-0.39, 0.29) is 11.1 Å². The molecule has 2 atom stereocenters. The highest BCUT2D eigenvalue weighted by Gasteiger charge is 2.41. The van der Waals surface area contributed by atoms with Crippen molar-refractivity contribution in [3.05, 3.63) is 50.4 Å². The summed E-state index contributed by atoms with van der Waals surface area (Å²) in [5, 5.41) is 22.3. The van der Waals surface area contributed by atoms with Crippen molar-refractivity contribution < 1.29 is 10.0 Å². The lowest BCUT2D eigenvalue weighted by atomic mass is 10.1. The number of aromatic nitrogens is 2. The quantitative estimate of drug-likeness (QED) is 0.657. The normalized spacial score (nSPS) is 19.8. The van der Waals surface area contributed by atoms with E-state index in [2.05, 4.69) is 4.98 Å². The van der Waals surface area contributed by atoms with Crippen LogP contribution in [-0.4, -0.2) is 32.4 Å². The van der Waals surface area contributed by atoms with Crippen molar-refractivity contribution in [2.75, 3.05) is 11.4 Å². The van der Waals surface area contributed by atoms with Crippen LogP contribution >= 0.6 is 23.2 Å². The van der Waals surface area contributed by atoms with Gasteiger partial charge in [-0.15, -0.1) is 0 Å². The first-order valence-corrected chi connectivity index (χ1v) is 8.18. The van der Waals surface area contributed by atoms with Crippen molar-refractivity contribution in [3.8, 4) is 0 Å². The molecule has 2 aromatic rings. The zero-order valence-corrected chi connectivity index (χ0v) is 14.6. The Balaban J connectivity index is 2.11. The van der Waals surface area contributed by atoms with Gasteiger partial charge in [-0.05, 0) is 45.6 Å². The Kier molecular flexibility index (Phi) is 4.42. The molecule has 128 valence electrons. The fraction of sp³-hybridized carbons (Fsp3) is 0.400. The fourth-order valence-corrected chi connectivity index (χ4v) is 3.45. The number of anilines is 1. The Morgan fingerprint density at radius 1 is 1.42 bits per heavy atom. The Labute approximate surface area is 148 Å². The Morgan fingerprint density at radius 3 is 2.71 bits per heavy atom. The van der Waals surface area contributed by atoms with E-state index in [4.69, 9.17) is 23.2 Å². The van der Waals surface area contributed by atoms with Crippen molar-refractivity contribution in [1.29, 1.82) is 0 Å². The van der Waals surface area contributed by atoms with E-state index in [0.29, 0.717) is 17.5 Å². The molecule has 0 saturated heterocycles. The zero-order valence-electron chi connectivity index (χ0n) is 13.1. The van der Waals surface area contributed by atoms with Crippen molar-refractivity contribution in [2.45, 2.75) is 26.1 Å². The summed E-state index contributed by atoms with van der Waals surface area (Å²) >= 11 is 12.2. The second-order valence-corrected chi connectivity index (χ2v) is 6.91. The minimum absolute atomic E-state index is 0.0527. The molecule has 1 aromatic carbocycles. The minimum atomic E-state index is -0.924. The Bertz CT molecular complexity index is 793. The summed E-state index contributed by atoms with van der Waals surface area (Å²) in [6, 6.07) is 4.71. The summed E-state index contributed by atoms with van der Waals surface area (Å²) in [6.45, 7) is 4.72. The molecule has 1 unspecified atom stereocenters. The molecule has 1 aliphatic rings. The number of benzene rings is 1. The van der Waals surface area contributed by atoms with Crippen LogP contribution in [0.3, 0.4) is 0 Å². The van der Waals surface area contributed by atoms with Crippen molar-refractivity contribution in [1.82, 2.24) is 9.55 Å². The highest BCUT2D eigenvalue weighted by atomic mass is 35.5. The Hall–Kier alpha value is -1.83. The van der Waals surface area contributed by atoms with Crippen LogP contribution in [-0.2, 0) is 0 Å². The van der Waals surface area contributed by atoms with Gasteiger partial charge in [-0.3, -0.25) is 4.57 Å². The van der Waals surface area contributed by atoms with Gasteiger partial charge in [0.2, 0.25) is 0 Å². The molecule has 0 bridgehead atoms. The molecule has 0 fully saturated rings. The van der Waals surface area contributed by atoms with E-state index in [9.17, 15) is 15.2 Å². The van der Waals surface area contributed by atoms with Crippen LogP contribution in [0.4, 0.5) is 11.5 Å². The third-order valence-electron chi connectivity index (χ3n) is 3.94. The lowest BCUT2D eigenvalue weighted by molar-refractivity contribution is -0.389.